The third kappa shape index (κ3) is 3.77. The van der Waals surface area contributed by atoms with Gasteiger partial charge >= 0.3 is 0 Å². The summed E-state index contributed by atoms with van der Waals surface area (Å²) in [5, 5.41) is 9.37. The molecule has 0 atom stereocenters. The van der Waals surface area contributed by atoms with Gasteiger partial charge in [0.1, 0.15) is 0 Å². The minimum Gasteiger partial charge on any atom is -0.376 e. The van der Waals surface area contributed by atoms with E-state index in [1.807, 2.05) is 66.3 Å². The molecule has 0 bridgehead atoms. The van der Waals surface area contributed by atoms with Gasteiger partial charge in [0.2, 0.25) is 0 Å². The van der Waals surface area contributed by atoms with E-state index < -0.39 is 0 Å². The van der Waals surface area contributed by atoms with Crippen LogP contribution in [0.2, 0.25) is 0 Å². The molecule has 1 heterocycles. The fourth-order valence-corrected chi connectivity index (χ4v) is 2.30. The molecule has 0 saturated heterocycles. The zero-order valence-corrected chi connectivity index (χ0v) is 12.9. The first-order valence-corrected chi connectivity index (χ1v) is 7.38. The van der Waals surface area contributed by atoms with Crippen molar-refractivity contribution in [1.29, 1.82) is 0 Å². The number of fused-ring (bicyclic) bond motifs is 1. The Morgan fingerprint density at radius 1 is 1.13 bits per heavy atom. The molecular weight excluding hydrogens is 288 g/mol. The molecular formula is C18H18N4O. The Balaban J connectivity index is 1.53. The van der Waals surface area contributed by atoms with Crippen LogP contribution < -0.4 is 10.7 Å². The molecule has 5 heteroatoms. The van der Waals surface area contributed by atoms with Crippen LogP contribution in [0.25, 0.3) is 10.8 Å². The van der Waals surface area contributed by atoms with E-state index in [-0.39, 0.29) is 12.5 Å². The van der Waals surface area contributed by atoms with Gasteiger partial charge in [-0.2, -0.15) is 5.10 Å². The van der Waals surface area contributed by atoms with Gasteiger partial charge in [0.25, 0.3) is 5.91 Å². The number of carbonyl (C=O) groups is 1. The molecule has 23 heavy (non-hydrogen) atoms. The van der Waals surface area contributed by atoms with Crippen LogP contribution >= 0.6 is 0 Å². The topological polar surface area (TPSA) is 58.4 Å². The number of hydrogen-bond donors (Lipinski definition) is 2. The number of nitrogens with zero attached hydrogens (tertiary/aromatic N) is 2. The van der Waals surface area contributed by atoms with Crippen molar-refractivity contribution in [2.24, 2.45) is 12.1 Å². The number of hydrogen-bond acceptors (Lipinski definition) is 3. The highest BCUT2D eigenvalue weighted by atomic mass is 16.2. The standard InChI is InChI=1S/C18H18N4O/c1-22-10-4-7-17(22)12-20-21-18(23)13-19-16-9-8-14-5-2-3-6-15(14)11-16/h2-12,19H,13H2,1H3,(H,21,23)/b20-12-. The number of hydrazone groups is 1. The predicted octanol–water partition coefficient (Wildman–Crippen LogP) is 2.74. The van der Waals surface area contributed by atoms with Crippen molar-refractivity contribution in [3.63, 3.8) is 0 Å². The quantitative estimate of drug-likeness (QED) is 0.562. The molecule has 0 spiro atoms. The Kier molecular flexibility index (Phi) is 4.38. The lowest BCUT2D eigenvalue weighted by Crippen LogP contribution is -2.25. The molecule has 2 N–H and O–H groups in total. The molecule has 0 aliphatic heterocycles. The van der Waals surface area contributed by atoms with Crippen LogP contribution in [0.3, 0.4) is 0 Å². The van der Waals surface area contributed by atoms with E-state index in [0.717, 1.165) is 16.8 Å². The number of carbonyl (C=O) groups excluding carboxylic acids is 1. The number of nitrogens with one attached hydrogen (secondary N) is 2. The Labute approximate surface area is 134 Å². The highest BCUT2D eigenvalue weighted by Crippen LogP contribution is 2.18. The lowest BCUT2D eigenvalue weighted by atomic mass is 10.1. The van der Waals surface area contributed by atoms with E-state index in [1.54, 1.807) is 6.21 Å². The maximum absolute atomic E-state index is 11.8. The van der Waals surface area contributed by atoms with Gasteiger partial charge in [-0.1, -0.05) is 30.3 Å². The van der Waals surface area contributed by atoms with Crippen LogP contribution in [0.1, 0.15) is 5.69 Å². The Morgan fingerprint density at radius 2 is 1.96 bits per heavy atom. The zero-order valence-electron chi connectivity index (χ0n) is 12.9. The highest BCUT2D eigenvalue weighted by molar-refractivity contribution is 5.87. The van der Waals surface area contributed by atoms with Gasteiger partial charge in [0.15, 0.2) is 0 Å². The molecule has 0 radical (unpaired) electrons. The van der Waals surface area contributed by atoms with E-state index in [0.29, 0.717) is 0 Å². The first-order chi connectivity index (χ1) is 11.2. The van der Waals surface area contributed by atoms with Crippen molar-refractivity contribution >= 4 is 28.6 Å². The van der Waals surface area contributed by atoms with Crippen molar-refractivity contribution in [2.45, 2.75) is 0 Å². The van der Waals surface area contributed by atoms with Crippen LogP contribution in [-0.2, 0) is 11.8 Å². The number of benzene rings is 2. The summed E-state index contributed by atoms with van der Waals surface area (Å²) in [6, 6.07) is 18.0. The molecule has 5 nitrogen and oxygen atoms in total. The van der Waals surface area contributed by atoms with Gasteiger partial charge in [0.05, 0.1) is 18.5 Å². The fourth-order valence-electron chi connectivity index (χ4n) is 2.30. The molecule has 0 aliphatic carbocycles. The second-order valence-electron chi connectivity index (χ2n) is 5.25. The van der Waals surface area contributed by atoms with Gasteiger partial charge in [-0.05, 0) is 35.0 Å². The van der Waals surface area contributed by atoms with Crippen LogP contribution in [0.5, 0.6) is 0 Å². The van der Waals surface area contributed by atoms with Gasteiger partial charge in [-0.25, -0.2) is 5.43 Å². The van der Waals surface area contributed by atoms with E-state index in [4.69, 9.17) is 0 Å². The number of aromatic nitrogens is 1. The van der Waals surface area contributed by atoms with Crippen LogP contribution in [-0.4, -0.2) is 23.2 Å². The molecule has 3 rings (SSSR count). The zero-order chi connectivity index (χ0) is 16.1. The average Bonchev–Trinajstić information content (AvgIpc) is 2.98. The predicted molar refractivity (Wildman–Crippen MR) is 93.6 cm³/mol. The van der Waals surface area contributed by atoms with Gasteiger partial charge in [0, 0.05) is 18.9 Å². The summed E-state index contributed by atoms with van der Waals surface area (Å²) in [5.41, 5.74) is 4.34. The fraction of sp³-hybridized carbons (Fsp3) is 0.111. The second-order valence-corrected chi connectivity index (χ2v) is 5.25. The summed E-state index contributed by atoms with van der Waals surface area (Å²) in [6.07, 6.45) is 3.54. The molecule has 0 fully saturated rings. The van der Waals surface area contributed by atoms with E-state index in [9.17, 15) is 4.79 Å². The van der Waals surface area contributed by atoms with Gasteiger partial charge in [-0.15, -0.1) is 0 Å². The van der Waals surface area contributed by atoms with Crippen LogP contribution in [0.4, 0.5) is 5.69 Å². The Bertz CT molecular complexity index is 851. The van der Waals surface area contributed by atoms with Crippen molar-refractivity contribution in [3.8, 4) is 0 Å². The molecule has 116 valence electrons. The largest absolute Gasteiger partial charge is 0.376 e. The number of anilines is 1. The van der Waals surface area contributed by atoms with Crippen molar-refractivity contribution in [2.75, 3.05) is 11.9 Å². The summed E-state index contributed by atoms with van der Waals surface area (Å²) in [6.45, 7) is 0.169. The Morgan fingerprint density at radius 3 is 2.74 bits per heavy atom. The molecule has 1 aromatic heterocycles. The van der Waals surface area contributed by atoms with Crippen molar-refractivity contribution in [1.82, 2.24) is 9.99 Å². The Hall–Kier alpha value is -3.08. The number of aryl methyl sites for hydroxylation is 1. The first kappa shape index (κ1) is 14.8. The lowest BCUT2D eigenvalue weighted by molar-refractivity contribution is -0.119. The first-order valence-electron chi connectivity index (χ1n) is 7.38. The monoisotopic (exact) mass is 306 g/mol. The third-order valence-corrected chi connectivity index (χ3v) is 3.57. The minimum atomic E-state index is -0.191. The van der Waals surface area contributed by atoms with Crippen LogP contribution in [0, 0.1) is 0 Å². The SMILES string of the molecule is Cn1cccc1/C=N\NC(=O)CNc1ccc2ccccc2c1. The average molecular weight is 306 g/mol. The summed E-state index contributed by atoms with van der Waals surface area (Å²) >= 11 is 0. The molecule has 2 aromatic carbocycles. The summed E-state index contributed by atoms with van der Waals surface area (Å²) in [7, 11) is 1.92. The third-order valence-electron chi connectivity index (χ3n) is 3.57. The maximum Gasteiger partial charge on any atom is 0.259 e. The maximum atomic E-state index is 11.8. The van der Waals surface area contributed by atoms with E-state index in [2.05, 4.69) is 21.9 Å². The smallest absolute Gasteiger partial charge is 0.259 e. The summed E-state index contributed by atoms with van der Waals surface area (Å²) < 4.78 is 1.92. The number of amides is 1. The second kappa shape index (κ2) is 6.79. The van der Waals surface area contributed by atoms with Gasteiger partial charge < -0.3 is 9.88 Å². The van der Waals surface area contributed by atoms with E-state index in [1.165, 1.54) is 5.39 Å². The normalized spacial score (nSPS) is 11.0. The summed E-state index contributed by atoms with van der Waals surface area (Å²) in [5.74, 6) is -0.191. The molecule has 3 aromatic rings. The van der Waals surface area contributed by atoms with E-state index >= 15 is 0 Å². The molecule has 1 amide bonds. The van der Waals surface area contributed by atoms with Crippen LogP contribution in [0.15, 0.2) is 65.9 Å². The molecule has 0 unspecified atom stereocenters. The lowest BCUT2D eigenvalue weighted by Gasteiger charge is -2.06. The minimum absolute atomic E-state index is 0.169. The van der Waals surface area contributed by atoms with Gasteiger partial charge in [-0.3, -0.25) is 4.79 Å². The number of rotatable bonds is 5. The summed E-state index contributed by atoms with van der Waals surface area (Å²) in [4.78, 5) is 11.8. The van der Waals surface area contributed by atoms with Crippen molar-refractivity contribution < 1.29 is 4.79 Å². The molecule has 0 aliphatic rings. The van der Waals surface area contributed by atoms with Crippen molar-refractivity contribution in [3.05, 3.63) is 66.5 Å². The highest BCUT2D eigenvalue weighted by Gasteiger charge is 2.01. The molecule has 0 saturated carbocycles.